The Kier molecular flexibility index (Phi) is 6.11. The normalized spacial score (nSPS) is 10.8. The number of pyridine rings is 1. The molecular weight excluding hydrogens is 316 g/mol. The molecule has 0 unspecified atom stereocenters. The minimum Gasteiger partial charge on any atom is -0.368 e. The highest BCUT2D eigenvalue weighted by Gasteiger charge is 2.15. The van der Waals surface area contributed by atoms with Crippen LogP contribution in [-0.2, 0) is 0 Å². The SMILES string of the molecule is CC(C)(C)NC(=O)c1ccc(C(=O)NCCNc2ccccn2)cc1. The molecule has 2 rings (SSSR count). The average Bonchev–Trinajstić information content (AvgIpc) is 2.58. The summed E-state index contributed by atoms with van der Waals surface area (Å²) in [5, 5.41) is 8.83. The average molecular weight is 340 g/mol. The molecule has 0 saturated heterocycles. The summed E-state index contributed by atoms with van der Waals surface area (Å²) in [4.78, 5) is 28.3. The van der Waals surface area contributed by atoms with Gasteiger partial charge in [0.1, 0.15) is 5.82 Å². The number of aromatic nitrogens is 1. The van der Waals surface area contributed by atoms with Crippen molar-refractivity contribution in [2.45, 2.75) is 26.3 Å². The second kappa shape index (κ2) is 8.28. The number of rotatable bonds is 6. The molecule has 0 aliphatic rings. The summed E-state index contributed by atoms with van der Waals surface area (Å²) in [5.74, 6) is 0.440. The van der Waals surface area contributed by atoms with E-state index < -0.39 is 0 Å². The molecule has 0 bridgehead atoms. The van der Waals surface area contributed by atoms with Gasteiger partial charge in [0, 0.05) is 36.0 Å². The number of carbonyl (C=O) groups is 2. The number of hydrogen-bond donors (Lipinski definition) is 3. The molecule has 1 heterocycles. The number of nitrogens with zero attached hydrogens (tertiary/aromatic N) is 1. The van der Waals surface area contributed by atoms with Crippen LogP contribution in [0.25, 0.3) is 0 Å². The Morgan fingerprint density at radius 2 is 1.56 bits per heavy atom. The second-order valence-corrected chi connectivity index (χ2v) is 6.68. The van der Waals surface area contributed by atoms with Crippen molar-refractivity contribution in [2.75, 3.05) is 18.4 Å². The Morgan fingerprint density at radius 1 is 0.920 bits per heavy atom. The summed E-state index contributed by atoms with van der Waals surface area (Å²) < 4.78 is 0. The molecule has 2 amide bonds. The molecule has 2 aromatic rings. The van der Waals surface area contributed by atoms with Crippen molar-refractivity contribution in [2.24, 2.45) is 0 Å². The molecule has 0 aliphatic carbocycles. The number of anilines is 1. The van der Waals surface area contributed by atoms with Crippen LogP contribution in [0.1, 0.15) is 41.5 Å². The van der Waals surface area contributed by atoms with Crippen LogP contribution in [0.3, 0.4) is 0 Å². The molecule has 0 atom stereocenters. The van der Waals surface area contributed by atoms with Crippen molar-refractivity contribution in [1.29, 1.82) is 0 Å². The molecule has 132 valence electrons. The van der Waals surface area contributed by atoms with E-state index in [1.165, 1.54) is 0 Å². The Bertz CT molecular complexity index is 706. The fourth-order valence-corrected chi connectivity index (χ4v) is 2.12. The molecule has 1 aromatic carbocycles. The van der Waals surface area contributed by atoms with Crippen LogP contribution in [0.4, 0.5) is 5.82 Å². The van der Waals surface area contributed by atoms with Crippen molar-refractivity contribution in [1.82, 2.24) is 15.6 Å². The maximum atomic E-state index is 12.1. The number of nitrogens with one attached hydrogen (secondary N) is 3. The third-order valence-corrected chi connectivity index (χ3v) is 3.28. The van der Waals surface area contributed by atoms with Gasteiger partial charge in [-0.15, -0.1) is 0 Å². The minimum absolute atomic E-state index is 0.154. The summed E-state index contributed by atoms with van der Waals surface area (Å²) >= 11 is 0. The molecular formula is C19H24N4O2. The quantitative estimate of drug-likeness (QED) is 0.706. The predicted molar refractivity (Wildman–Crippen MR) is 98.7 cm³/mol. The summed E-state index contributed by atoms with van der Waals surface area (Å²) in [7, 11) is 0. The fourth-order valence-electron chi connectivity index (χ4n) is 2.12. The number of benzene rings is 1. The third kappa shape index (κ3) is 6.25. The molecule has 0 radical (unpaired) electrons. The highest BCUT2D eigenvalue weighted by molar-refractivity contribution is 5.98. The van der Waals surface area contributed by atoms with Gasteiger partial charge in [0.2, 0.25) is 0 Å². The Labute approximate surface area is 148 Å². The first-order chi connectivity index (χ1) is 11.8. The number of carbonyl (C=O) groups excluding carboxylic acids is 2. The molecule has 0 aliphatic heterocycles. The highest BCUT2D eigenvalue weighted by atomic mass is 16.2. The van der Waals surface area contributed by atoms with Crippen molar-refractivity contribution < 1.29 is 9.59 Å². The largest absolute Gasteiger partial charge is 0.368 e. The lowest BCUT2D eigenvalue weighted by atomic mass is 10.1. The van der Waals surface area contributed by atoms with Crippen LogP contribution in [0.15, 0.2) is 48.7 Å². The van der Waals surface area contributed by atoms with Gasteiger partial charge < -0.3 is 16.0 Å². The van der Waals surface area contributed by atoms with Gasteiger partial charge in [-0.25, -0.2) is 4.98 Å². The Balaban J connectivity index is 1.81. The van der Waals surface area contributed by atoms with E-state index in [2.05, 4.69) is 20.9 Å². The zero-order valence-corrected chi connectivity index (χ0v) is 14.8. The molecule has 3 N–H and O–H groups in total. The smallest absolute Gasteiger partial charge is 0.251 e. The first-order valence-electron chi connectivity index (χ1n) is 8.21. The number of amides is 2. The lowest BCUT2D eigenvalue weighted by Crippen LogP contribution is -2.40. The molecule has 6 nitrogen and oxygen atoms in total. The Hall–Kier alpha value is -2.89. The van der Waals surface area contributed by atoms with Gasteiger partial charge in [0.25, 0.3) is 11.8 Å². The van der Waals surface area contributed by atoms with Gasteiger partial charge in [-0.3, -0.25) is 9.59 Å². The lowest BCUT2D eigenvalue weighted by Gasteiger charge is -2.20. The Morgan fingerprint density at radius 3 is 2.12 bits per heavy atom. The van der Waals surface area contributed by atoms with Crippen molar-refractivity contribution in [3.05, 3.63) is 59.8 Å². The van der Waals surface area contributed by atoms with Crippen molar-refractivity contribution in [3.63, 3.8) is 0 Å². The monoisotopic (exact) mass is 340 g/mol. The van der Waals surface area contributed by atoms with Gasteiger partial charge in [-0.2, -0.15) is 0 Å². The lowest BCUT2D eigenvalue weighted by molar-refractivity contribution is 0.0915. The predicted octanol–water partition coefficient (Wildman–Crippen LogP) is 2.45. The molecule has 0 spiro atoms. The van der Waals surface area contributed by atoms with Gasteiger partial charge in [0.15, 0.2) is 0 Å². The summed E-state index contributed by atoms with van der Waals surface area (Å²) in [6.07, 6.45) is 1.71. The number of hydrogen-bond acceptors (Lipinski definition) is 4. The van der Waals surface area contributed by atoms with E-state index in [4.69, 9.17) is 0 Å². The third-order valence-electron chi connectivity index (χ3n) is 3.28. The van der Waals surface area contributed by atoms with Crippen LogP contribution in [0.5, 0.6) is 0 Å². The summed E-state index contributed by atoms with van der Waals surface area (Å²) in [5.41, 5.74) is 0.752. The fraction of sp³-hybridized carbons (Fsp3) is 0.316. The zero-order chi connectivity index (χ0) is 18.3. The molecule has 6 heteroatoms. The second-order valence-electron chi connectivity index (χ2n) is 6.68. The van der Waals surface area contributed by atoms with E-state index in [1.807, 2.05) is 39.0 Å². The van der Waals surface area contributed by atoms with E-state index in [0.29, 0.717) is 24.2 Å². The van der Waals surface area contributed by atoms with Crippen LogP contribution in [0.2, 0.25) is 0 Å². The highest BCUT2D eigenvalue weighted by Crippen LogP contribution is 2.07. The first-order valence-corrected chi connectivity index (χ1v) is 8.21. The molecule has 0 saturated carbocycles. The van der Waals surface area contributed by atoms with Crippen LogP contribution in [-0.4, -0.2) is 35.4 Å². The maximum absolute atomic E-state index is 12.1. The topological polar surface area (TPSA) is 83.1 Å². The van der Waals surface area contributed by atoms with Gasteiger partial charge in [0.05, 0.1) is 0 Å². The van der Waals surface area contributed by atoms with E-state index in [0.717, 1.165) is 5.82 Å². The van der Waals surface area contributed by atoms with E-state index in [-0.39, 0.29) is 17.4 Å². The van der Waals surface area contributed by atoms with Crippen molar-refractivity contribution in [3.8, 4) is 0 Å². The maximum Gasteiger partial charge on any atom is 0.251 e. The van der Waals surface area contributed by atoms with Crippen molar-refractivity contribution >= 4 is 17.6 Å². The standard InChI is InChI=1S/C19H24N4O2/c1-19(2,3)23-18(25)15-9-7-14(8-10-15)17(24)22-13-12-21-16-6-4-5-11-20-16/h4-11H,12-13H2,1-3H3,(H,20,21)(H,22,24)(H,23,25). The van der Waals surface area contributed by atoms with Crippen LogP contribution in [0, 0.1) is 0 Å². The van der Waals surface area contributed by atoms with E-state index in [1.54, 1.807) is 30.5 Å². The zero-order valence-electron chi connectivity index (χ0n) is 14.8. The van der Waals surface area contributed by atoms with Gasteiger partial charge in [-0.1, -0.05) is 6.07 Å². The molecule has 1 aromatic heterocycles. The summed E-state index contributed by atoms with van der Waals surface area (Å²) in [6.45, 7) is 6.82. The molecule has 25 heavy (non-hydrogen) atoms. The van der Waals surface area contributed by atoms with Crippen LogP contribution >= 0.6 is 0 Å². The molecule has 0 fully saturated rings. The van der Waals surface area contributed by atoms with Crippen LogP contribution < -0.4 is 16.0 Å². The van der Waals surface area contributed by atoms with Gasteiger partial charge >= 0.3 is 0 Å². The van der Waals surface area contributed by atoms with Gasteiger partial charge in [-0.05, 0) is 57.2 Å². The van der Waals surface area contributed by atoms with E-state index in [9.17, 15) is 9.59 Å². The van der Waals surface area contributed by atoms with E-state index >= 15 is 0 Å². The minimum atomic E-state index is -0.298. The first kappa shape index (κ1) is 18.4. The summed E-state index contributed by atoms with van der Waals surface area (Å²) in [6, 6.07) is 12.2.